The molecule has 0 heterocycles. The van der Waals surface area contributed by atoms with Gasteiger partial charge in [0.05, 0.1) is 11.1 Å². The van der Waals surface area contributed by atoms with Gasteiger partial charge in [0.1, 0.15) is 0 Å². The molecule has 0 saturated carbocycles. The second-order valence-corrected chi connectivity index (χ2v) is 4.18. The Morgan fingerprint density at radius 3 is 2.04 bits per heavy atom. The monoisotopic (exact) mass is 336 g/mol. The second kappa shape index (κ2) is 7.22. The lowest BCUT2D eigenvalue weighted by Crippen LogP contribution is -2.15. The maximum atomic E-state index is 12.7. The first-order valence-corrected chi connectivity index (χ1v) is 6.08. The third kappa shape index (κ3) is 6.06. The molecular weight excluding hydrogens is 326 g/mol. The zero-order valence-electron chi connectivity index (χ0n) is 11.7. The van der Waals surface area contributed by atoms with Crippen molar-refractivity contribution in [2.45, 2.75) is 19.3 Å². The Hall–Kier alpha value is -2.43. The van der Waals surface area contributed by atoms with E-state index >= 15 is 0 Å². The Balaban J connectivity index is 3.07. The maximum absolute atomic E-state index is 12.7. The molecule has 0 bridgehead atoms. The standard InChI is InChI=1S/C15H10F6O2/c1-2-3-8-23-13(22)11-6-4-10(5-7-11)12(15(19,20)21)9-14(16,17)18/h4-7,9H,8H2,1H3/b12-9+. The van der Waals surface area contributed by atoms with E-state index in [9.17, 15) is 31.1 Å². The minimum Gasteiger partial charge on any atom is -0.449 e. The fourth-order valence-corrected chi connectivity index (χ4v) is 1.54. The molecule has 0 unspecified atom stereocenters. The van der Waals surface area contributed by atoms with Gasteiger partial charge in [0.2, 0.25) is 0 Å². The van der Waals surface area contributed by atoms with Crippen LogP contribution in [0.2, 0.25) is 0 Å². The summed E-state index contributed by atoms with van der Waals surface area (Å²) >= 11 is 0. The average molecular weight is 336 g/mol. The normalized spacial score (nSPS) is 12.4. The number of allylic oxidation sites excluding steroid dienone is 2. The molecule has 0 radical (unpaired) electrons. The van der Waals surface area contributed by atoms with E-state index in [1.807, 2.05) is 0 Å². The molecule has 1 aromatic rings. The van der Waals surface area contributed by atoms with E-state index in [0.29, 0.717) is 0 Å². The highest BCUT2D eigenvalue weighted by molar-refractivity contribution is 5.90. The van der Waals surface area contributed by atoms with Crippen molar-refractivity contribution < 1.29 is 35.9 Å². The van der Waals surface area contributed by atoms with Crippen molar-refractivity contribution in [3.05, 3.63) is 41.5 Å². The van der Waals surface area contributed by atoms with E-state index in [4.69, 9.17) is 0 Å². The summed E-state index contributed by atoms with van der Waals surface area (Å²) in [7, 11) is 0. The van der Waals surface area contributed by atoms with E-state index in [1.54, 1.807) is 0 Å². The molecule has 0 amide bonds. The summed E-state index contributed by atoms with van der Waals surface area (Å²) in [6, 6.07) is 3.44. The van der Waals surface area contributed by atoms with Crippen molar-refractivity contribution in [3.8, 4) is 11.8 Å². The Morgan fingerprint density at radius 1 is 1.09 bits per heavy atom. The molecule has 0 N–H and O–H groups in total. The van der Waals surface area contributed by atoms with Crippen LogP contribution in [0.3, 0.4) is 0 Å². The molecule has 1 aromatic carbocycles. The molecule has 2 nitrogen and oxygen atoms in total. The average Bonchev–Trinajstić information content (AvgIpc) is 2.43. The van der Waals surface area contributed by atoms with Crippen LogP contribution in [-0.4, -0.2) is 24.9 Å². The van der Waals surface area contributed by atoms with E-state index in [-0.39, 0.29) is 12.2 Å². The number of hydrogen-bond donors (Lipinski definition) is 0. The van der Waals surface area contributed by atoms with Crippen LogP contribution in [0.4, 0.5) is 26.3 Å². The quantitative estimate of drug-likeness (QED) is 0.465. The van der Waals surface area contributed by atoms with Gasteiger partial charge in [-0.05, 0) is 24.6 Å². The minimum absolute atomic E-state index is 0.0970. The van der Waals surface area contributed by atoms with Gasteiger partial charge in [0, 0.05) is 6.08 Å². The number of carbonyl (C=O) groups excluding carboxylic acids is 1. The molecule has 0 atom stereocenters. The summed E-state index contributed by atoms with van der Waals surface area (Å²) in [6.07, 6.45) is -11.1. The van der Waals surface area contributed by atoms with Gasteiger partial charge < -0.3 is 4.74 Å². The number of esters is 1. The predicted molar refractivity (Wildman–Crippen MR) is 70.3 cm³/mol. The first kappa shape index (κ1) is 18.6. The summed E-state index contributed by atoms with van der Waals surface area (Å²) in [4.78, 5) is 11.5. The van der Waals surface area contributed by atoms with Crippen LogP contribution in [0, 0.1) is 11.8 Å². The van der Waals surface area contributed by atoms with Crippen molar-refractivity contribution in [1.29, 1.82) is 0 Å². The number of carbonyl (C=O) groups is 1. The molecule has 0 fully saturated rings. The fourth-order valence-electron chi connectivity index (χ4n) is 1.54. The highest BCUT2D eigenvalue weighted by atomic mass is 19.4. The first-order valence-electron chi connectivity index (χ1n) is 6.08. The molecule has 0 aliphatic rings. The lowest BCUT2D eigenvalue weighted by molar-refractivity contribution is -0.0911. The molecule has 124 valence electrons. The van der Waals surface area contributed by atoms with Gasteiger partial charge in [0.15, 0.2) is 6.61 Å². The van der Waals surface area contributed by atoms with Crippen molar-refractivity contribution >= 4 is 11.5 Å². The van der Waals surface area contributed by atoms with E-state index < -0.39 is 35.5 Å². The molecular formula is C15H10F6O2. The molecule has 0 spiro atoms. The van der Waals surface area contributed by atoms with Crippen LogP contribution in [0.25, 0.3) is 5.57 Å². The Morgan fingerprint density at radius 2 is 1.61 bits per heavy atom. The zero-order valence-corrected chi connectivity index (χ0v) is 11.7. The SMILES string of the molecule is CC#CCOC(=O)c1ccc(/C(=C\C(F)(F)F)C(F)(F)F)cc1. The van der Waals surface area contributed by atoms with Crippen LogP contribution >= 0.6 is 0 Å². The Labute approximate surface area is 127 Å². The molecule has 0 saturated heterocycles. The van der Waals surface area contributed by atoms with Gasteiger partial charge in [-0.25, -0.2) is 4.79 Å². The highest BCUT2D eigenvalue weighted by Crippen LogP contribution is 2.37. The highest BCUT2D eigenvalue weighted by Gasteiger charge is 2.39. The van der Waals surface area contributed by atoms with Crippen molar-refractivity contribution in [1.82, 2.24) is 0 Å². The molecule has 8 heteroatoms. The van der Waals surface area contributed by atoms with Crippen LogP contribution in [-0.2, 0) is 4.74 Å². The lowest BCUT2D eigenvalue weighted by Gasteiger charge is -2.13. The minimum atomic E-state index is -5.19. The Kier molecular flexibility index (Phi) is 5.85. The number of hydrogen-bond acceptors (Lipinski definition) is 2. The topological polar surface area (TPSA) is 26.3 Å². The van der Waals surface area contributed by atoms with E-state index in [2.05, 4.69) is 16.6 Å². The molecule has 0 aliphatic carbocycles. The predicted octanol–water partition coefficient (Wildman–Crippen LogP) is 4.37. The fraction of sp³-hybridized carbons (Fsp3) is 0.267. The van der Waals surface area contributed by atoms with Crippen LogP contribution in [0.15, 0.2) is 30.3 Å². The van der Waals surface area contributed by atoms with Crippen LogP contribution < -0.4 is 0 Å². The van der Waals surface area contributed by atoms with Crippen molar-refractivity contribution in [3.63, 3.8) is 0 Å². The smallest absolute Gasteiger partial charge is 0.417 e. The zero-order chi connectivity index (χ0) is 17.7. The van der Waals surface area contributed by atoms with Gasteiger partial charge in [-0.1, -0.05) is 18.1 Å². The Bertz CT molecular complexity index is 642. The molecule has 23 heavy (non-hydrogen) atoms. The summed E-state index contributed by atoms with van der Waals surface area (Å²) in [5, 5.41) is 0. The number of alkyl halides is 6. The molecule has 0 aliphatic heterocycles. The van der Waals surface area contributed by atoms with E-state index in [1.165, 1.54) is 6.92 Å². The van der Waals surface area contributed by atoms with Gasteiger partial charge in [0.25, 0.3) is 0 Å². The lowest BCUT2D eigenvalue weighted by atomic mass is 10.0. The van der Waals surface area contributed by atoms with Gasteiger partial charge in [-0.2, -0.15) is 26.3 Å². The van der Waals surface area contributed by atoms with Crippen molar-refractivity contribution in [2.75, 3.05) is 6.61 Å². The van der Waals surface area contributed by atoms with E-state index in [0.717, 1.165) is 24.3 Å². The first-order chi connectivity index (χ1) is 10.5. The largest absolute Gasteiger partial charge is 0.449 e. The number of rotatable bonds is 3. The third-order valence-electron chi connectivity index (χ3n) is 2.50. The number of halogens is 6. The summed E-state index contributed by atoms with van der Waals surface area (Å²) in [5.74, 6) is 4.08. The van der Waals surface area contributed by atoms with Gasteiger partial charge >= 0.3 is 18.3 Å². The summed E-state index contributed by atoms with van der Waals surface area (Å²) in [6.45, 7) is 1.33. The van der Waals surface area contributed by atoms with Crippen LogP contribution in [0.1, 0.15) is 22.8 Å². The summed E-state index contributed by atoms with van der Waals surface area (Å²) in [5.41, 5.74) is -2.65. The molecule has 1 rings (SSSR count). The van der Waals surface area contributed by atoms with Crippen LogP contribution in [0.5, 0.6) is 0 Å². The number of ether oxygens (including phenoxy) is 1. The molecule has 0 aromatic heterocycles. The van der Waals surface area contributed by atoms with Gasteiger partial charge in [-0.3, -0.25) is 0 Å². The maximum Gasteiger partial charge on any atom is 0.417 e. The summed E-state index contributed by atoms with van der Waals surface area (Å²) < 4.78 is 79.6. The van der Waals surface area contributed by atoms with Gasteiger partial charge in [-0.15, -0.1) is 5.92 Å². The second-order valence-electron chi connectivity index (χ2n) is 4.18. The number of benzene rings is 1. The van der Waals surface area contributed by atoms with Crippen molar-refractivity contribution in [2.24, 2.45) is 0 Å². The third-order valence-corrected chi connectivity index (χ3v) is 2.50.